The molecule has 4 rings (SSSR count). The number of nitrogens with zero attached hydrogens (tertiary/aromatic N) is 1. The first kappa shape index (κ1) is 15.7. The molecular weight excluding hydrogens is 310 g/mol. The average Bonchev–Trinajstić information content (AvgIpc) is 3.01. The molecule has 0 saturated carbocycles. The van der Waals surface area contributed by atoms with E-state index >= 15 is 0 Å². The fourth-order valence-corrected chi connectivity index (χ4v) is 3.45. The van der Waals surface area contributed by atoms with Gasteiger partial charge in [-0.1, -0.05) is 48.5 Å². The zero-order chi connectivity index (χ0) is 17.2. The Balaban J connectivity index is 1.97. The van der Waals surface area contributed by atoms with Gasteiger partial charge in [-0.05, 0) is 31.2 Å². The molecule has 3 nitrogen and oxygen atoms in total. The average molecular weight is 331 g/mol. The highest BCUT2D eigenvalue weighted by Gasteiger charge is 2.20. The largest absolute Gasteiger partial charge is 0.497 e. The maximum atomic E-state index is 6.18. The molecular formula is C22H21NO2. The Labute approximate surface area is 147 Å². The van der Waals surface area contributed by atoms with Gasteiger partial charge in [0.25, 0.3) is 0 Å². The predicted molar refractivity (Wildman–Crippen MR) is 102 cm³/mol. The van der Waals surface area contributed by atoms with Gasteiger partial charge in [-0.25, -0.2) is 0 Å². The first-order valence-electron chi connectivity index (χ1n) is 8.56. The highest BCUT2D eigenvalue weighted by atomic mass is 16.5. The number of hydrogen-bond acceptors (Lipinski definition) is 2. The number of fused-ring (bicyclic) bond motifs is 3. The van der Waals surface area contributed by atoms with E-state index in [1.54, 1.807) is 7.11 Å². The second-order valence-corrected chi connectivity index (χ2v) is 5.99. The van der Waals surface area contributed by atoms with E-state index < -0.39 is 0 Å². The van der Waals surface area contributed by atoms with E-state index in [4.69, 9.17) is 9.47 Å². The number of ether oxygens (including phenoxy) is 2. The minimum absolute atomic E-state index is 0.180. The van der Waals surface area contributed by atoms with Crippen molar-refractivity contribution in [1.29, 1.82) is 0 Å². The van der Waals surface area contributed by atoms with Crippen LogP contribution in [0.15, 0.2) is 72.8 Å². The number of methoxy groups -OCH3 is 1. The third kappa shape index (κ3) is 2.67. The van der Waals surface area contributed by atoms with Crippen LogP contribution in [-0.4, -0.2) is 18.3 Å². The topological polar surface area (TPSA) is 23.4 Å². The summed E-state index contributed by atoms with van der Waals surface area (Å²) in [6.45, 7) is 2.67. The molecule has 0 aliphatic carbocycles. The number of rotatable bonds is 5. The van der Waals surface area contributed by atoms with Crippen LogP contribution in [0, 0.1) is 0 Å². The van der Waals surface area contributed by atoms with Gasteiger partial charge in [0.15, 0.2) is 6.23 Å². The Morgan fingerprint density at radius 1 is 0.800 bits per heavy atom. The molecule has 1 heterocycles. The summed E-state index contributed by atoms with van der Waals surface area (Å²) in [7, 11) is 1.68. The number of benzene rings is 3. The lowest BCUT2D eigenvalue weighted by Crippen LogP contribution is -2.14. The van der Waals surface area contributed by atoms with E-state index in [0.717, 1.165) is 11.3 Å². The molecule has 1 aromatic heterocycles. The van der Waals surface area contributed by atoms with Crippen molar-refractivity contribution in [1.82, 2.24) is 4.57 Å². The van der Waals surface area contributed by atoms with Crippen LogP contribution in [0.4, 0.5) is 0 Å². The summed E-state index contributed by atoms with van der Waals surface area (Å²) in [5.41, 5.74) is 3.46. The minimum atomic E-state index is -0.180. The van der Waals surface area contributed by atoms with Crippen molar-refractivity contribution in [2.24, 2.45) is 0 Å². The predicted octanol–water partition coefficient (Wildman–Crippen LogP) is 5.39. The van der Waals surface area contributed by atoms with E-state index in [9.17, 15) is 0 Å². The van der Waals surface area contributed by atoms with Gasteiger partial charge in [0, 0.05) is 22.9 Å². The fourth-order valence-electron chi connectivity index (χ4n) is 3.45. The Morgan fingerprint density at radius 3 is 1.88 bits per heavy atom. The zero-order valence-corrected chi connectivity index (χ0v) is 14.5. The molecule has 126 valence electrons. The van der Waals surface area contributed by atoms with Crippen molar-refractivity contribution in [2.75, 3.05) is 13.7 Å². The maximum absolute atomic E-state index is 6.18. The van der Waals surface area contributed by atoms with Crippen molar-refractivity contribution in [3.05, 3.63) is 78.4 Å². The van der Waals surface area contributed by atoms with Gasteiger partial charge in [0.2, 0.25) is 0 Å². The third-order valence-corrected chi connectivity index (χ3v) is 4.58. The van der Waals surface area contributed by atoms with E-state index in [1.807, 2.05) is 19.1 Å². The lowest BCUT2D eigenvalue weighted by atomic mass is 10.2. The van der Waals surface area contributed by atoms with E-state index in [-0.39, 0.29) is 6.23 Å². The van der Waals surface area contributed by atoms with Gasteiger partial charge in [-0.3, -0.25) is 0 Å². The number of aromatic nitrogens is 1. The summed E-state index contributed by atoms with van der Waals surface area (Å²) >= 11 is 0. The molecule has 0 fully saturated rings. The molecule has 0 bridgehead atoms. The normalized spacial score (nSPS) is 12.6. The highest BCUT2D eigenvalue weighted by Crippen LogP contribution is 2.35. The standard InChI is InChI=1S/C22H21NO2/c1-3-25-22(16-12-14-17(24-2)15-13-16)23-20-10-6-4-8-18(20)19-9-5-7-11-21(19)23/h4-15,22H,3H2,1-2H3/t22-/m0/s1. The molecule has 0 aliphatic rings. The van der Waals surface area contributed by atoms with Gasteiger partial charge in [-0.15, -0.1) is 0 Å². The number of hydrogen-bond donors (Lipinski definition) is 0. The van der Waals surface area contributed by atoms with Gasteiger partial charge < -0.3 is 14.0 Å². The van der Waals surface area contributed by atoms with Crippen LogP contribution in [0.25, 0.3) is 21.8 Å². The van der Waals surface area contributed by atoms with Crippen LogP contribution >= 0.6 is 0 Å². The molecule has 25 heavy (non-hydrogen) atoms. The van der Waals surface area contributed by atoms with Crippen molar-refractivity contribution in [2.45, 2.75) is 13.2 Å². The summed E-state index contributed by atoms with van der Waals surface area (Å²) in [6, 6.07) is 25.1. The number of para-hydroxylation sites is 2. The summed E-state index contributed by atoms with van der Waals surface area (Å²) in [5.74, 6) is 0.848. The Hall–Kier alpha value is -2.78. The van der Waals surface area contributed by atoms with Crippen molar-refractivity contribution in [3.63, 3.8) is 0 Å². The van der Waals surface area contributed by atoms with Crippen LogP contribution in [-0.2, 0) is 4.74 Å². The molecule has 1 atom stereocenters. The van der Waals surface area contributed by atoms with Crippen LogP contribution in [0.5, 0.6) is 5.75 Å². The molecule has 0 saturated heterocycles. The Kier molecular flexibility index (Phi) is 4.16. The molecule has 0 spiro atoms. The van der Waals surface area contributed by atoms with Gasteiger partial charge in [0.05, 0.1) is 18.1 Å². The maximum Gasteiger partial charge on any atom is 0.160 e. The molecule has 0 aliphatic heterocycles. The summed E-state index contributed by atoms with van der Waals surface area (Å²) in [4.78, 5) is 0. The second-order valence-electron chi connectivity index (χ2n) is 5.99. The Morgan fingerprint density at radius 2 is 1.36 bits per heavy atom. The molecule has 0 radical (unpaired) electrons. The van der Waals surface area contributed by atoms with Crippen LogP contribution in [0.1, 0.15) is 18.7 Å². The van der Waals surface area contributed by atoms with Crippen LogP contribution in [0.2, 0.25) is 0 Å². The fraction of sp³-hybridized carbons (Fsp3) is 0.182. The minimum Gasteiger partial charge on any atom is -0.497 e. The van der Waals surface area contributed by atoms with Crippen LogP contribution < -0.4 is 4.74 Å². The molecule has 3 aromatic carbocycles. The van der Waals surface area contributed by atoms with Gasteiger partial charge >= 0.3 is 0 Å². The van der Waals surface area contributed by atoms with Crippen molar-refractivity contribution < 1.29 is 9.47 Å². The zero-order valence-electron chi connectivity index (χ0n) is 14.5. The smallest absolute Gasteiger partial charge is 0.160 e. The monoisotopic (exact) mass is 331 g/mol. The van der Waals surface area contributed by atoms with Crippen molar-refractivity contribution >= 4 is 21.8 Å². The van der Waals surface area contributed by atoms with E-state index in [2.05, 4.69) is 65.2 Å². The molecule has 4 aromatic rings. The highest BCUT2D eigenvalue weighted by molar-refractivity contribution is 6.08. The quantitative estimate of drug-likeness (QED) is 0.490. The summed E-state index contributed by atoms with van der Waals surface area (Å²) in [5, 5.41) is 2.49. The first-order chi connectivity index (χ1) is 12.3. The van der Waals surface area contributed by atoms with Gasteiger partial charge in [-0.2, -0.15) is 0 Å². The SMILES string of the molecule is CCO[C@@H](c1ccc(OC)cc1)n1c2ccccc2c2ccccc21. The van der Waals surface area contributed by atoms with E-state index in [1.165, 1.54) is 21.8 Å². The van der Waals surface area contributed by atoms with Crippen LogP contribution in [0.3, 0.4) is 0 Å². The Bertz CT molecular complexity index is 948. The van der Waals surface area contributed by atoms with Crippen molar-refractivity contribution in [3.8, 4) is 5.75 Å². The molecule has 3 heteroatoms. The molecule has 0 N–H and O–H groups in total. The lowest BCUT2D eigenvalue weighted by molar-refractivity contribution is 0.0470. The van der Waals surface area contributed by atoms with E-state index in [0.29, 0.717) is 6.61 Å². The third-order valence-electron chi connectivity index (χ3n) is 4.58. The summed E-state index contributed by atoms with van der Waals surface area (Å²) in [6.07, 6.45) is -0.180. The summed E-state index contributed by atoms with van der Waals surface area (Å²) < 4.78 is 13.8. The molecule has 0 amide bonds. The lowest BCUT2D eigenvalue weighted by Gasteiger charge is -2.22. The first-order valence-corrected chi connectivity index (χ1v) is 8.56. The van der Waals surface area contributed by atoms with Gasteiger partial charge in [0.1, 0.15) is 5.75 Å². The molecule has 0 unspecified atom stereocenters. The second kappa shape index (κ2) is 6.61.